The summed E-state index contributed by atoms with van der Waals surface area (Å²) in [6, 6.07) is 17.1. The lowest BCUT2D eigenvalue weighted by Crippen LogP contribution is -2.48. The van der Waals surface area contributed by atoms with E-state index in [0.29, 0.717) is 58.3 Å². The topological polar surface area (TPSA) is 88.6 Å². The number of carbonyl (C=O) groups is 1. The van der Waals surface area contributed by atoms with Gasteiger partial charge < -0.3 is 24.0 Å². The number of halogens is 2. The van der Waals surface area contributed by atoms with Crippen LogP contribution in [0.3, 0.4) is 0 Å². The second-order valence-corrected chi connectivity index (χ2v) is 16.3. The number of anilines is 1. The van der Waals surface area contributed by atoms with Crippen molar-refractivity contribution in [3.63, 3.8) is 0 Å². The second-order valence-electron chi connectivity index (χ2n) is 13.6. The molecule has 2 atom stereocenters. The van der Waals surface area contributed by atoms with Gasteiger partial charge in [-0.25, -0.2) is 8.42 Å². The minimum absolute atomic E-state index is 0.0378. The number of hydrogen-bond donors (Lipinski definition) is 0. The van der Waals surface area contributed by atoms with Crippen LogP contribution in [0.1, 0.15) is 53.6 Å². The number of para-hydroxylation sites is 1. The van der Waals surface area contributed by atoms with Gasteiger partial charge in [-0.1, -0.05) is 47.5 Å². The highest BCUT2D eigenvalue weighted by molar-refractivity contribution is 7.92. The van der Waals surface area contributed by atoms with Gasteiger partial charge in [0.25, 0.3) is 5.91 Å². The fourth-order valence-corrected chi connectivity index (χ4v) is 9.36. The largest absolute Gasteiger partial charge is 0.493 e. The molecule has 3 aromatic rings. The number of ether oxygens (including phenoxy) is 3. The van der Waals surface area contributed by atoms with Crippen LogP contribution in [0, 0.1) is 5.92 Å². The summed E-state index contributed by atoms with van der Waals surface area (Å²) in [5, 5.41) is 1.01. The van der Waals surface area contributed by atoms with E-state index in [4.69, 9.17) is 37.4 Å². The number of likely N-dealkylation sites (tertiary alicyclic amines) is 2. The number of piperidine rings is 2. The average Bonchev–Trinajstić information content (AvgIpc) is 3.43. The van der Waals surface area contributed by atoms with E-state index in [1.807, 2.05) is 41.3 Å². The van der Waals surface area contributed by atoms with E-state index in [2.05, 4.69) is 11.0 Å². The van der Waals surface area contributed by atoms with Crippen LogP contribution in [0.2, 0.25) is 10.0 Å². The summed E-state index contributed by atoms with van der Waals surface area (Å²) in [5.74, 6) is 1.69. The van der Waals surface area contributed by atoms with E-state index in [0.717, 1.165) is 68.6 Å². The van der Waals surface area contributed by atoms with Crippen molar-refractivity contribution in [1.29, 1.82) is 0 Å². The second kappa shape index (κ2) is 14.6. The highest BCUT2D eigenvalue weighted by Gasteiger charge is 2.47. The first-order chi connectivity index (χ1) is 23.5. The van der Waals surface area contributed by atoms with Crippen molar-refractivity contribution >= 4 is 44.8 Å². The summed E-state index contributed by atoms with van der Waals surface area (Å²) in [6.45, 7) is 3.98. The molecule has 0 saturated carbocycles. The number of amides is 1. The Morgan fingerprint density at radius 1 is 0.918 bits per heavy atom. The lowest BCUT2D eigenvalue weighted by atomic mass is 9.74. The Labute approximate surface area is 300 Å². The first kappa shape index (κ1) is 35.6. The van der Waals surface area contributed by atoms with Crippen LogP contribution in [-0.2, 0) is 21.9 Å². The van der Waals surface area contributed by atoms with E-state index < -0.39 is 10.0 Å². The van der Waals surface area contributed by atoms with Crippen molar-refractivity contribution in [2.75, 3.05) is 64.6 Å². The molecule has 2 fully saturated rings. The zero-order chi connectivity index (χ0) is 34.9. The molecule has 1 amide bonds. The fourth-order valence-electron chi connectivity index (χ4n) is 8.04. The van der Waals surface area contributed by atoms with Crippen LogP contribution in [0.15, 0.2) is 54.6 Å². The van der Waals surface area contributed by atoms with Crippen LogP contribution in [0.5, 0.6) is 17.2 Å². The maximum Gasteiger partial charge on any atom is 0.254 e. The maximum atomic E-state index is 14.1. The van der Waals surface area contributed by atoms with Gasteiger partial charge in [0, 0.05) is 30.1 Å². The Balaban J connectivity index is 1.14. The number of nitrogens with zero attached hydrogens (tertiary/aromatic N) is 3. The predicted molar refractivity (Wildman–Crippen MR) is 194 cm³/mol. The Kier molecular flexibility index (Phi) is 10.6. The number of fused-ring (bicyclic) bond motifs is 2. The van der Waals surface area contributed by atoms with Gasteiger partial charge in [0.15, 0.2) is 11.5 Å². The van der Waals surface area contributed by atoms with Gasteiger partial charge in [0.2, 0.25) is 15.8 Å². The van der Waals surface area contributed by atoms with Gasteiger partial charge in [-0.15, -0.1) is 0 Å². The molecule has 2 unspecified atom stereocenters. The van der Waals surface area contributed by atoms with Crippen molar-refractivity contribution in [3.05, 3.63) is 81.3 Å². The van der Waals surface area contributed by atoms with Gasteiger partial charge >= 0.3 is 0 Å². The van der Waals surface area contributed by atoms with Crippen LogP contribution in [-0.4, -0.2) is 90.5 Å². The van der Waals surface area contributed by atoms with Gasteiger partial charge in [0.05, 0.1) is 43.3 Å². The third kappa shape index (κ3) is 7.34. The van der Waals surface area contributed by atoms with Crippen molar-refractivity contribution < 1.29 is 27.4 Å². The summed E-state index contributed by atoms with van der Waals surface area (Å²) >= 11 is 12.6. The monoisotopic (exact) mass is 729 g/mol. The molecule has 9 nitrogen and oxygen atoms in total. The van der Waals surface area contributed by atoms with Crippen LogP contribution < -0.4 is 18.5 Å². The Morgan fingerprint density at radius 3 is 2.24 bits per heavy atom. The molecule has 0 radical (unpaired) electrons. The molecule has 2 saturated heterocycles. The van der Waals surface area contributed by atoms with Crippen LogP contribution in [0.4, 0.5) is 5.69 Å². The van der Waals surface area contributed by atoms with Gasteiger partial charge in [-0.2, -0.15) is 0 Å². The third-order valence-corrected chi connectivity index (χ3v) is 12.6. The van der Waals surface area contributed by atoms with Crippen molar-refractivity contribution in [2.24, 2.45) is 5.92 Å². The van der Waals surface area contributed by atoms with Gasteiger partial charge in [0.1, 0.15) is 0 Å². The smallest absolute Gasteiger partial charge is 0.254 e. The molecule has 3 aliphatic rings. The van der Waals surface area contributed by atoms with E-state index in [-0.39, 0.29) is 17.4 Å². The molecule has 0 aliphatic carbocycles. The molecule has 12 heteroatoms. The Morgan fingerprint density at radius 2 is 1.61 bits per heavy atom. The number of methoxy groups -OCH3 is 3. The minimum Gasteiger partial charge on any atom is -0.493 e. The van der Waals surface area contributed by atoms with E-state index >= 15 is 0 Å². The lowest BCUT2D eigenvalue weighted by molar-refractivity contribution is 0.0524. The zero-order valence-electron chi connectivity index (χ0n) is 28.6. The highest BCUT2D eigenvalue weighted by Crippen LogP contribution is 2.48. The molecule has 0 aromatic heterocycles. The molecule has 3 heterocycles. The molecule has 3 aliphatic heterocycles. The van der Waals surface area contributed by atoms with Crippen molar-refractivity contribution in [3.8, 4) is 17.2 Å². The molecule has 0 N–H and O–H groups in total. The first-order valence-corrected chi connectivity index (χ1v) is 19.4. The standard InChI is InChI=1S/C37H45Cl2N3O6S/c1-46-33-22-27(23-34(47-2)35(33)48-3)36(43)41-16-12-25(19-28(41)20-26-9-10-30(38)31(39)21-26)11-15-40-17-13-37(14-18-40)24-42(49(4,44)45)32-8-6-5-7-29(32)37/h5-10,21-23,25,28H,11-20,24H2,1-4H3. The fraction of sp³-hybridized carbons (Fsp3) is 0.486. The van der Waals surface area contributed by atoms with Gasteiger partial charge in [-0.05, 0) is 106 Å². The SMILES string of the molecule is COc1cc(C(=O)N2CCC(CCN3CCC4(CC3)CN(S(C)(=O)=O)c3ccccc34)CC2Cc2ccc(Cl)c(Cl)c2)cc(OC)c1OC. The Hall–Kier alpha value is -3.18. The lowest BCUT2D eigenvalue weighted by Gasteiger charge is -2.42. The molecule has 264 valence electrons. The molecule has 0 bridgehead atoms. The van der Waals surface area contributed by atoms with Crippen LogP contribution >= 0.6 is 23.2 Å². The molecule has 6 rings (SSSR count). The molecule has 49 heavy (non-hydrogen) atoms. The molecular weight excluding hydrogens is 685 g/mol. The first-order valence-electron chi connectivity index (χ1n) is 16.8. The zero-order valence-corrected chi connectivity index (χ0v) is 30.9. The summed E-state index contributed by atoms with van der Waals surface area (Å²) in [7, 11) is 1.29. The van der Waals surface area contributed by atoms with E-state index in [9.17, 15) is 13.2 Å². The average molecular weight is 731 g/mol. The predicted octanol–water partition coefficient (Wildman–Crippen LogP) is 6.69. The molecule has 3 aromatic carbocycles. The number of carbonyl (C=O) groups excluding carboxylic acids is 1. The highest BCUT2D eigenvalue weighted by atomic mass is 35.5. The molecule has 1 spiro atoms. The number of hydrogen-bond acceptors (Lipinski definition) is 7. The summed E-state index contributed by atoms with van der Waals surface area (Å²) in [4.78, 5) is 18.7. The van der Waals surface area contributed by atoms with Crippen molar-refractivity contribution in [2.45, 2.75) is 50.0 Å². The Bertz CT molecular complexity index is 1770. The normalized spacial score (nSPS) is 20.7. The molecular formula is C37H45Cl2N3O6S. The summed E-state index contributed by atoms with van der Waals surface area (Å²) in [6.07, 6.45) is 6.62. The number of sulfonamides is 1. The third-order valence-electron chi connectivity index (χ3n) is 10.7. The summed E-state index contributed by atoms with van der Waals surface area (Å²) in [5.41, 5.74) is 3.37. The van der Waals surface area contributed by atoms with E-state index in [1.54, 1.807) is 37.8 Å². The summed E-state index contributed by atoms with van der Waals surface area (Å²) < 4.78 is 43.4. The van der Waals surface area contributed by atoms with Crippen LogP contribution in [0.25, 0.3) is 0 Å². The van der Waals surface area contributed by atoms with Gasteiger partial charge in [-0.3, -0.25) is 9.10 Å². The number of rotatable bonds is 10. The maximum absolute atomic E-state index is 14.1. The van der Waals surface area contributed by atoms with Crippen molar-refractivity contribution in [1.82, 2.24) is 9.80 Å². The number of benzene rings is 3. The minimum atomic E-state index is -3.34. The quantitative estimate of drug-likeness (QED) is 0.230. The van der Waals surface area contributed by atoms with E-state index in [1.165, 1.54) is 6.26 Å².